The topological polar surface area (TPSA) is 129 Å². The Hall–Kier alpha value is -1.51. The van der Waals surface area contributed by atoms with Gasteiger partial charge in [0.05, 0.1) is 4.91 Å². The van der Waals surface area contributed by atoms with E-state index in [1.165, 1.54) is 0 Å². The van der Waals surface area contributed by atoms with Crippen LogP contribution in [0.4, 0.5) is 0 Å². The SMILES string of the molecule is CCO.O=C(O)C1=CC(S(=O)(=O)O)=CCC1=O. The average molecular weight is 264 g/mol. The molecule has 0 aromatic carbocycles. The molecule has 0 aliphatic heterocycles. The van der Waals surface area contributed by atoms with Crippen LogP contribution in [0, 0.1) is 0 Å². The minimum atomic E-state index is -4.45. The highest BCUT2D eigenvalue weighted by molar-refractivity contribution is 7.90. The minimum Gasteiger partial charge on any atom is -0.478 e. The van der Waals surface area contributed by atoms with Gasteiger partial charge in [-0.1, -0.05) is 6.08 Å². The van der Waals surface area contributed by atoms with E-state index < -0.39 is 32.3 Å². The van der Waals surface area contributed by atoms with Crippen molar-refractivity contribution in [2.24, 2.45) is 0 Å². The van der Waals surface area contributed by atoms with Crippen LogP contribution in [0.25, 0.3) is 0 Å². The average Bonchev–Trinajstić information content (AvgIpc) is 2.17. The smallest absolute Gasteiger partial charge is 0.339 e. The number of hydrogen-bond donors (Lipinski definition) is 3. The number of aliphatic hydroxyl groups is 1. The second-order valence-corrected chi connectivity index (χ2v) is 4.31. The van der Waals surface area contributed by atoms with Crippen molar-refractivity contribution >= 4 is 21.9 Å². The molecular formula is C9H12O7S. The number of carboxylic acids is 1. The number of allylic oxidation sites excluding steroid dienone is 2. The Morgan fingerprint density at radius 1 is 1.47 bits per heavy atom. The molecule has 0 radical (unpaired) electrons. The molecule has 0 atom stereocenters. The summed E-state index contributed by atoms with van der Waals surface area (Å²) in [4.78, 5) is 20.8. The lowest BCUT2D eigenvalue weighted by Gasteiger charge is -2.06. The second kappa shape index (κ2) is 6.28. The van der Waals surface area contributed by atoms with Gasteiger partial charge >= 0.3 is 5.97 Å². The van der Waals surface area contributed by atoms with Crippen molar-refractivity contribution in [3.05, 3.63) is 22.6 Å². The summed E-state index contributed by atoms with van der Waals surface area (Å²) in [5, 5.41) is 16.1. The normalized spacial score (nSPS) is 15.4. The van der Waals surface area contributed by atoms with Gasteiger partial charge in [-0.05, 0) is 13.0 Å². The molecule has 0 heterocycles. The molecular weight excluding hydrogens is 252 g/mol. The summed E-state index contributed by atoms with van der Waals surface area (Å²) in [6.45, 7) is 1.93. The number of ketones is 1. The summed E-state index contributed by atoms with van der Waals surface area (Å²) in [6.07, 6.45) is 1.26. The molecule has 1 aliphatic carbocycles. The van der Waals surface area contributed by atoms with E-state index in [0.717, 1.165) is 6.08 Å². The molecule has 7 nitrogen and oxygen atoms in total. The fraction of sp³-hybridized carbons (Fsp3) is 0.333. The summed E-state index contributed by atoms with van der Waals surface area (Å²) in [6, 6.07) is 0. The van der Waals surface area contributed by atoms with Gasteiger partial charge in [-0.2, -0.15) is 8.42 Å². The molecule has 0 saturated carbocycles. The zero-order valence-corrected chi connectivity index (χ0v) is 9.77. The summed E-state index contributed by atoms with van der Waals surface area (Å²) in [5.41, 5.74) is -0.639. The van der Waals surface area contributed by atoms with Crippen LogP contribution in [0.2, 0.25) is 0 Å². The van der Waals surface area contributed by atoms with Gasteiger partial charge in [0.25, 0.3) is 10.1 Å². The number of Topliss-reactive ketones (excluding diaryl/α,β-unsaturated/α-hetero) is 1. The van der Waals surface area contributed by atoms with Crippen LogP contribution in [-0.2, 0) is 19.7 Å². The van der Waals surface area contributed by atoms with E-state index in [1.54, 1.807) is 6.92 Å². The van der Waals surface area contributed by atoms with Gasteiger partial charge < -0.3 is 10.2 Å². The molecule has 3 N–H and O–H groups in total. The van der Waals surface area contributed by atoms with Crippen molar-refractivity contribution in [2.45, 2.75) is 13.3 Å². The van der Waals surface area contributed by atoms with E-state index in [2.05, 4.69) is 0 Å². The first-order valence-corrected chi connectivity index (χ1v) is 5.94. The molecule has 0 amide bonds. The van der Waals surface area contributed by atoms with Crippen LogP contribution in [0.15, 0.2) is 22.6 Å². The maximum Gasteiger partial charge on any atom is 0.339 e. The van der Waals surface area contributed by atoms with Crippen LogP contribution in [0.1, 0.15) is 13.3 Å². The number of carboxylic acid groups (broad SMARTS) is 1. The van der Waals surface area contributed by atoms with E-state index in [9.17, 15) is 18.0 Å². The Morgan fingerprint density at radius 2 is 1.94 bits per heavy atom. The largest absolute Gasteiger partial charge is 0.478 e. The first-order chi connectivity index (χ1) is 7.73. The Kier molecular flexibility index (Phi) is 5.72. The highest BCUT2D eigenvalue weighted by Gasteiger charge is 2.24. The first-order valence-electron chi connectivity index (χ1n) is 4.50. The van der Waals surface area contributed by atoms with Gasteiger partial charge in [0.1, 0.15) is 5.57 Å². The molecule has 0 aromatic rings. The number of carbonyl (C=O) groups is 2. The van der Waals surface area contributed by atoms with Gasteiger partial charge in [0.2, 0.25) is 0 Å². The highest BCUT2D eigenvalue weighted by atomic mass is 32.2. The molecule has 1 aliphatic rings. The molecule has 17 heavy (non-hydrogen) atoms. The summed E-state index contributed by atoms with van der Waals surface area (Å²) >= 11 is 0. The van der Waals surface area contributed by atoms with Gasteiger partial charge in [0, 0.05) is 13.0 Å². The van der Waals surface area contributed by atoms with Crippen molar-refractivity contribution in [3.63, 3.8) is 0 Å². The van der Waals surface area contributed by atoms with E-state index >= 15 is 0 Å². The Morgan fingerprint density at radius 3 is 2.29 bits per heavy atom. The summed E-state index contributed by atoms with van der Waals surface area (Å²) in [5.74, 6) is -2.20. The monoisotopic (exact) mass is 264 g/mol. The summed E-state index contributed by atoms with van der Waals surface area (Å²) < 4.78 is 29.8. The molecule has 0 fully saturated rings. The van der Waals surface area contributed by atoms with Crippen LogP contribution >= 0.6 is 0 Å². The zero-order chi connectivity index (χ0) is 13.6. The van der Waals surface area contributed by atoms with Gasteiger partial charge in [-0.15, -0.1) is 0 Å². The van der Waals surface area contributed by atoms with Gasteiger partial charge in [0.15, 0.2) is 5.78 Å². The Bertz CT molecular complexity index is 470. The van der Waals surface area contributed by atoms with E-state index in [4.69, 9.17) is 14.8 Å². The van der Waals surface area contributed by atoms with Crippen molar-refractivity contribution in [3.8, 4) is 0 Å². The van der Waals surface area contributed by atoms with Crippen LogP contribution < -0.4 is 0 Å². The molecule has 96 valence electrons. The standard InChI is InChI=1S/C7H6O6S.C2H6O/c8-6-2-1-4(14(11,12)13)3-5(6)7(9)10;1-2-3/h1,3H,2H2,(H,9,10)(H,11,12,13);3H,2H2,1H3. The van der Waals surface area contributed by atoms with Crippen molar-refractivity contribution < 1.29 is 32.8 Å². The third kappa shape index (κ3) is 4.89. The minimum absolute atomic E-state index is 0.250. The molecule has 0 unspecified atom stereocenters. The number of aliphatic hydroxyl groups excluding tert-OH is 1. The Labute approximate surface area is 97.8 Å². The third-order valence-corrected chi connectivity index (χ3v) is 2.48. The van der Waals surface area contributed by atoms with Crippen LogP contribution in [0.5, 0.6) is 0 Å². The second-order valence-electron chi connectivity index (χ2n) is 2.89. The number of hydrogen-bond acceptors (Lipinski definition) is 5. The third-order valence-electron chi connectivity index (χ3n) is 1.60. The van der Waals surface area contributed by atoms with Crippen LogP contribution in [0.3, 0.4) is 0 Å². The van der Waals surface area contributed by atoms with E-state index in [-0.39, 0.29) is 13.0 Å². The molecule has 0 aromatic heterocycles. The van der Waals surface area contributed by atoms with Gasteiger partial charge in [-0.3, -0.25) is 9.35 Å². The first kappa shape index (κ1) is 15.5. The van der Waals surface area contributed by atoms with Crippen molar-refractivity contribution in [1.82, 2.24) is 0 Å². The number of rotatable bonds is 2. The molecule has 0 spiro atoms. The fourth-order valence-electron chi connectivity index (χ4n) is 0.946. The predicted molar refractivity (Wildman–Crippen MR) is 57.7 cm³/mol. The lowest BCUT2D eigenvalue weighted by atomic mass is 10.0. The van der Waals surface area contributed by atoms with E-state index in [1.807, 2.05) is 0 Å². The zero-order valence-electron chi connectivity index (χ0n) is 8.95. The molecule has 0 bridgehead atoms. The summed E-state index contributed by atoms with van der Waals surface area (Å²) in [7, 11) is -4.45. The maximum absolute atomic E-state index is 10.9. The molecule has 0 saturated heterocycles. The number of aliphatic carboxylic acids is 1. The highest BCUT2D eigenvalue weighted by Crippen LogP contribution is 2.18. The lowest BCUT2D eigenvalue weighted by molar-refractivity contribution is -0.134. The predicted octanol–water partition coefficient (Wildman–Crippen LogP) is -0.260. The van der Waals surface area contributed by atoms with Gasteiger partial charge in [-0.25, -0.2) is 4.79 Å². The molecule has 8 heteroatoms. The maximum atomic E-state index is 10.9. The molecule has 1 rings (SSSR count). The lowest BCUT2D eigenvalue weighted by Crippen LogP contribution is -2.16. The van der Waals surface area contributed by atoms with Crippen molar-refractivity contribution in [2.75, 3.05) is 6.61 Å². The number of carbonyl (C=O) groups excluding carboxylic acids is 1. The fourth-order valence-corrected chi connectivity index (χ4v) is 1.51. The van der Waals surface area contributed by atoms with Crippen molar-refractivity contribution in [1.29, 1.82) is 0 Å². The van der Waals surface area contributed by atoms with E-state index in [0.29, 0.717) is 6.08 Å². The Balaban J connectivity index is 0.000000770. The van der Waals surface area contributed by atoms with Crippen LogP contribution in [-0.4, -0.2) is 41.5 Å². The quantitative estimate of drug-likeness (QED) is 0.463.